The minimum absolute atomic E-state index is 0.103. The van der Waals surface area contributed by atoms with Gasteiger partial charge in [0.1, 0.15) is 6.33 Å². The van der Waals surface area contributed by atoms with Crippen LogP contribution < -0.4 is 10.6 Å². The molecule has 3 rings (SSSR count). The lowest BCUT2D eigenvalue weighted by molar-refractivity contribution is -0.383. The van der Waals surface area contributed by atoms with Crippen LogP contribution in [0.3, 0.4) is 0 Å². The predicted molar refractivity (Wildman–Crippen MR) is 104 cm³/mol. The zero-order valence-corrected chi connectivity index (χ0v) is 15.8. The van der Waals surface area contributed by atoms with E-state index in [1.54, 1.807) is 18.2 Å². The van der Waals surface area contributed by atoms with Crippen molar-refractivity contribution in [3.63, 3.8) is 0 Å². The molecule has 2 aromatic carbocycles. The van der Waals surface area contributed by atoms with Gasteiger partial charge in [-0.1, -0.05) is 28.1 Å². The summed E-state index contributed by atoms with van der Waals surface area (Å²) in [6.07, 6.45) is 1.27. The lowest BCUT2D eigenvalue weighted by Gasteiger charge is -2.11. The third kappa shape index (κ3) is 4.12. The molecule has 2 N–H and O–H groups in total. The SMILES string of the molecule is O=[N+]([O-])c1c(Nc2ccc(Br)cc2)ncnc1Nc1ccccc1Br. The summed E-state index contributed by atoms with van der Waals surface area (Å²) in [5.41, 5.74) is 1.11. The minimum atomic E-state index is -0.514. The topological polar surface area (TPSA) is 93.0 Å². The zero-order valence-electron chi connectivity index (χ0n) is 12.6. The van der Waals surface area contributed by atoms with Crippen LogP contribution in [0.5, 0.6) is 0 Å². The average molecular weight is 465 g/mol. The van der Waals surface area contributed by atoms with Crippen LogP contribution in [0, 0.1) is 10.1 Å². The van der Waals surface area contributed by atoms with Crippen LogP contribution in [-0.4, -0.2) is 14.9 Å². The molecule has 0 fully saturated rings. The van der Waals surface area contributed by atoms with E-state index in [9.17, 15) is 10.1 Å². The van der Waals surface area contributed by atoms with Crippen molar-refractivity contribution in [3.05, 3.63) is 73.9 Å². The first kappa shape index (κ1) is 17.3. The average Bonchev–Trinajstić information content (AvgIpc) is 2.59. The molecule has 7 nitrogen and oxygen atoms in total. The van der Waals surface area contributed by atoms with Crippen LogP contribution >= 0.6 is 31.9 Å². The molecule has 0 radical (unpaired) electrons. The summed E-state index contributed by atoms with van der Waals surface area (Å²) in [5, 5.41) is 17.5. The van der Waals surface area contributed by atoms with Gasteiger partial charge in [0.15, 0.2) is 0 Å². The van der Waals surface area contributed by atoms with Crippen molar-refractivity contribution in [1.82, 2.24) is 9.97 Å². The van der Waals surface area contributed by atoms with E-state index < -0.39 is 4.92 Å². The number of aromatic nitrogens is 2. The van der Waals surface area contributed by atoms with Gasteiger partial charge in [0.05, 0.1) is 10.6 Å². The minimum Gasteiger partial charge on any atom is -0.334 e. The predicted octanol–water partition coefficient (Wildman–Crippen LogP) is 5.40. The third-order valence-corrected chi connectivity index (χ3v) is 4.46. The van der Waals surface area contributed by atoms with Crippen LogP contribution in [0.4, 0.5) is 28.7 Å². The van der Waals surface area contributed by atoms with Gasteiger partial charge in [-0.25, -0.2) is 9.97 Å². The summed E-state index contributed by atoms with van der Waals surface area (Å²) in [6.45, 7) is 0. The number of benzene rings is 2. The molecule has 0 saturated heterocycles. The molecular weight excluding hydrogens is 454 g/mol. The molecule has 3 aromatic rings. The first-order valence-corrected chi connectivity index (χ1v) is 8.67. The number of hydrogen-bond acceptors (Lipinski definition) is 6. The quantitative estimate of drug-likeness (QED) is 0.388. The molecule has 0 amide bonds. The second-order valence-electron chi connectivity index (χ2n) is 4.91. The van der Waals surface area contributed by atoms with Gasteiger partial charge in [0.2, 0.25) is 11.6 Å². The molecule has 25 heavy (non-hydrogen) atoms. The molecular formula is C16H11Br2N5O2. The van der Waals surface area contributed by atoms with Gasteiger partial charge in [0.25, 0.3) is 0 Å². The maximum absolute atomic E-state index is 11.6. The Balaban J connectivity index is 1.98. The third-order valence-electron chi connectivity index (χ3n) is 3.24. The number of rotatable bonds is 5. The Morgan fingerprint density at radius 3 is 2.20 bits per heavy atom. The fraction of sp³-hybridized carbons (Fsp3) is 0. The Morgan fingerprint density at radius 2 is 1.56 bits per heavy atom. The first-order valence-electron chi connectivity index (χ1n) is 7.08. The maximum atomic E-state index is 11.6. The van der Waals surface area contributed by atoms with Gasteiger partial charge < -0.3 is 10.6 Å². The van der Waals surface area contributed by atoms with Gasteiger partial charge in [-0.2, -0.15) is 0 Å². The Bertz CT molecular complexity index is 919. The van der Waals surface area contributed by atoms with Gasteiger partial charge in [-0.05, 0) is 52.3 Å². The smallest absolute Gasteiger partial charge is 0.334 e. The van der Waals surface area contributed by atoms with Crippen LogP contribution in [0.1, 0.15) is 0 Å². The highest BCUT2D eigenvalue weighted by atomic mass is 79.9. The van der Waals surface area contributed by atoms with E-state index in [1.807, 2.05) is 30.3 Å². The van der Waals surface area contributed by atoms with E-state index in [4.69, 9.17) is 0 Å². The highest BCUT2D eigenvalue weighted by Gasteiger charge is 2.23. The summed E-state index contributed by atoms with van der Waals surface area (Å²) >= 11 is 6.75. The van der Waals surface area contributed by atoms with Crippen LogP contribution in [0.25, 0.3) is 0 Å². The molecule has 126 valence electrons. The normalized spacial score (nSPS) is 10.3. The summed E-state index contributed by atoms with van der Waals surface area (Å²) in [4.78, 5) is 19.1. The molecule has 0 saturated carbocycles. The monoisotopic (exact) mass is 463 g/mol. The molecule has 1 heterocycles. The van der Waals surface area contributed by atoms with Crippen LogP contribution in [0.15, 0.2) is 63.8 Å². The molecule has 0 spiro atoms. The van der Waals surface area contributed by atoms with Gasteiger partial charge >= 0.3 is 5.69 Å². The fourth-order valence-corrected chi connectivity index (χ4v) is 2.74. The fourth-order valence-electron chi connectivity index (χ4n) is 2.09. The molecule has 0 aliphatic rings. The van der Waals surface area contributed by atoms with E-state index in [1.165, 1.54) is 6.33 Å². The molecule has 0 atom stereocenters. The van der Waals surface area contributed by atoms with Crippen molar-refractivity contribution in [2.24, 2.45) is 0 Å². The summed E-state index contributed by atoms with van der Waals surface area (Å²) in [7, 11) is 0. The maximum Gasteiger partial charge on any atom is 0.353 e. The number of nitro groups is 1. The number of halogens is 2. The van der Waals surface area contributed by atoms with Gasteiger partial charge in [-0.15, -0.1) is 0 Å². The molecule has 0 aliphatic heterocycles. The van der Waals surface area contributed by atoms with Crippen LogP contribution in [0.2, 0.25) is 0 Å². The number of para-hydroxylation sites is 1. The second-order valence-corrected chi connectivity index (χ2v) is 6.68. The Kier molecular flexibility index (Phi) is 5.25. The van der Waals surface area contributed by atoms with Gasteiger partial charge in [-0.3, -0.25) is 10.1 Å². The summed E-state index contributed by atoms with van der Waals surface area (Å²) in [6, 6.07) is 14.5. The molecule has 9 heteroatoms. The lowest BCUT2D eigenvalue weighted by Crippen LogP contribution is -2.05. The van der Waals surface area contributed by atoms with Crippen molar-refractivity contribution in [1.29, 1.82) is 0 Å². The Hall–Kier alpha value is -2.52. The molecule has 0 aliphatic carbocycles. The molecule has 0 unspecified atom stereocenters. The van der Waals surface area contributed by atoms with Crippen molar-refractivity contribution in [2.75, 3.05) is 10.6 Å². The van der Waals surface area contributed by atoms with Crippen molar-refractivity contribution < 1.29 is 4.92 Å². The van der Waals surface area contributed by atoms with Crippen molar-refractivity contribution in [2.45, 2.75) is 0 Å². The van der Waals surface area contributed by atoms with E-state index in [0.717, 1.165) is 8.95 Å². The largest absolute Gasteiger partial charge is 0.353 e. The van der Waals surface area contributed by atoms with Crippen molar-refractivity contribution >= 4 is 60.6 Å². The van der Waals surface area contributed by atoms with Crippen molar-refractivity contribution in [3.8, 4) is 0 Å². The van der Waals surface area contributed by atoms with E-state index in [0.29, 0.717) is 11.4 Å². The van der Waals surface area contributed by atoms with E-state index in [2.05, 4.69) is 52.5 Å². The lowest BCUT2D eigenvalue weighted by atomic mass is 10.3. The Morgan fingerprint density at radius 1 is 0.920 bits per heavy atom. The van der Waals surface area contributed by atoms with Crippen LogP contribution in [-0.2, 0) is 0 Å². The zero-order chi connectivity index (χ0) is 17.8. The summed E-state index contributed by atoms with van der Waals surface area (Å²) < 4.78 is 1.68. The second kappa shape index (κ2) is 7.58. The Labute approximate surface area is 159 Å². The highest BCUT2D eigenvalue weighted by molar-refractivity contribution is 9.10. The number of hydrogen-bond donors (Lipinski definition) is 2. The first-order chi connectivity index (χ1) is 12.0. The summed E-state index contributed by atoms with van der Waals surface area (Å²) in [5.74, 6) is 0.211. The van der Waals surface area contributed by atoms with E-state index in [-0.39, 0.29) is 17.3 Å². The number of anilines is 4. The van der Waals surface area contributed by atoms with E-state index >= 15 is 0 Å². The molecule has 0 bridgehead atoms. The van der Waals surface area contributed by atoms with Gasteiger partial charge in [0, 0.05) is 14.6 Å². The molecule has 1 aromatic heterocycles. The highest BCUT2D eigenvalue weighted by Crippen LogP contribution is 2.34. The number of nitrogens with zero attached hydrogens (tertiary/aromatic N) is 3. The standard InChI is InChI=1S/C16H11Br2N5O2/c17-10-5-7-11(8-6-10)21-15-14(23(24)25)16(20-9-19-15)22-13-4-2-1-3-12(13)18/h1-9H,(H2,19,20,21,22). The number of nitrogens with one attached hydrogen (secondary N) is 2.